The van der Waals surface area contributed by atoms with Crippen LogP contribution in [0, 0.1) is 22.7 Å². The second-order valence-corrected chi connectivity index (χ2v) is 8.79. The number of alkyl halides is 2. The molecular formula is C20H24F2O5. The number of allylic oxidation sites excluding steroid dienone is 4. The van der Waals surface area contributed by atoms with E-state index in [0.29, 0.717) is 0 Å². The summed E-state index contributed by atoms with van der Waals surface area (Å²) < 4.78 is 37.3. The number of ether oxygens (including phenoxy) is 1. The number of hydrogen-bond acceptors (Lipinski definition) is 5. The Morgan fingerprint density at radius 1 is 1.37 bits per heavy atom. The highest BCUT2D eigenvalue weighted by Gasteiger charge is 2.72. The van der Waals surface area contributed by atoms with Crippen molar-refractivity contribution in [3.63, 3.8) is 0 Å². The van der Waals surface area contributed by atoms with Crippen molar-refractivity contribution < 1.29 is 33.3 Å². The van der Waals surface area contributed by atoms with E-state index in [1.54, 1.807) is 6.92 Å². The molecule has 0 amide bonds. The number of aliphatic hydroxyl groups excluding tert-OH is 2. The van der Waals surface area contributed by atoms with Crippen molar-refractivity contribution in [3.05, 3.63) is 23.8 Å². The van der Waals surface area contributed by atoms with Gasteiger partial charge in [0.15, 0.2) is 17.2 Å². The summed E-state index contributed by atoms with van der Waals surface area (Å²) in [6, 6.07) is 0. The molecule has 148 valence electrons. The molecule has 6 unspecified atom stereocenters. The van der Waals surface area contributed by atoms with Crippen molar-refractivity contribution in [1.82, 2.24) is 0 Å². The van der Waals surface area contributed by atoms with Gasteiger partial charge in [-0.3, -0.25) is 9.59 Å². The number of halogens is 2. The summed E-state index contributed by atoms with van der Waals surface area (Å²) in [4.78, 5) is 23.9. The maximum absolute atomic E-state index is 16.6. The molecule has 2 N–H and O–H groups in total. The van der Waals surface area contributed by atoms with Gasteiger partial charge in [-0.15, -0.1) is 0 Å². The van der Waals surface area contributed by atoms with E-state index in [0.717, 1.165) is 6.08 Å². The minimum atomic E-state index is -2.18. The SMILES string of the molecule is CC12CC(O)[C@@]3(F)C(C[C@H](F)C4=CC(=O)C=CC43C)C1COC2C(=O)CO. The molecule has 1 saturated heterocycles. The molecule has 4 rings (SSSR count). The third-order valence-corrected chi connectivity index (χ3v) is 7.55. The summed E-state index contributed by atoms with van der Waals surface area (Å²) in [7, 11) is 0. The fourth-order valence-electron chi connectivity index (χ4n) is 6.14. The van der Waals surface area contributed by atoms with Crippen LogP contribution in [0.2, 0.25) is 0 Å². The molecule has 1 aliphatic heterocycles. The number of carbonyl (C=O) groups is 2. The third-order valence-electron chi connectivity index (χ3n) is 7.55. The van der Waals surface area contributed by atoms with Crippen molar-refractivity contribution in [3.8, 4) is 0 Å². The third kappa shape index (κ3) is 2.19. The summed E-state index contributed by atoms with van der Waals surface area (Å²) in [5.41, 5.74) is -4.43. The monoisotopic (exact) mass is 382 g/mol. The standard InChI is InChI=1S/C20H24F2O5/c1-18-7-16(26)20(22)11(13(18)9-27-17(18)15(25)8-23)6-14(21)12-5-10(24)3-4-19(12,20)2/h3-5,11,13-14,16-17,23,26H,6-9H2,1-2H3/t11?,13?,14-,16?,17?,18?,19?,20-/m0/s1. The maximum Gasteiger partial charge on any atom is 0.187 e. The smallest absolute Gasteiger partial charge is 0.187 e. The topological polar surface area (TPSA) is 83.8 Å². The van der Waals surface area contributed by atoms with E-state index < -0.39 is 59.1 Å². The lowest BCUT2D eigenvalue weighted by Crippen LogP contribution is -2.69. The molecule has 7 heteroatoms. The molecule has 2 saturated carbocycles. The second kappa shape index (κ2) is 5.78. The van der Waals surface area contributed by atoms with Gasteiger partial charge in [0.05, 0.1) is 12.7 Å². The predicted octanol–water partition coefficient (Wildman–Crippen LogP) is 1.47. The minimum absolute atomic E-state index is 0.0390. The lowest BCUT2D eigenvalue weighted by molar-refractivity contribution is -0.196. The molecule has 27 heavy (non-hydrogen) atoms. The van der Waals surface area contributed by atoms with Crippen LogP contribution in [0.25, 0.3) is 0 Å². The highest BCUT2D eigenvalue weighted by molar-refractivity contribution is 6.01. The van der Waals surface area contributed by atoms with E-state index in [1.165, 1.54) is 19.1 Å². The van der Waals surface area contributed by atoms with E-state index in [9.17, 15) is 19.8 Å². The van der Waals surface area contributed by atoms with E-state index in [4.69, 9.17) is 4.74 Å². The lowest BCUT2D eigenvalue weighted by atomic mass is 9.45. The summed E-state index contributed by atoms with van der Waals surface area (Å²) in [5, 5.41) is 20.2. The first-order valence-corrected chi connectivity index (χ1v) is 9.31. The summed E-state index contributed by atoms with van der Waals surface area (Å²) in [5.74, 6) is -2.26. The van der Waals surface area contributed by atoms with E-state index in [2.05, 4.69) is 0 Å². The Hall–Kier alpha value is -1.44. The van der Waals surface area contributed by atoms with Crippen LogP contribution < -0.4 is 0 Å². The molecular weight excluding hydrogens is 358 g/mol. The highest BCUT2D eigenvalue weighted by atomic mass is 19.1. The van der Waals surface area contributed by atoms with Crippen LogP contribution >= 0.6 is 0 Å². The first kappa shape index (κ1) is 18.9. The Bertz CT molecular complexity index is 763. The number of rotatable bonds is 2. The first-order chi connectivity index (χ1) is 12.6. The molecule has 3 aliphatic carbocycles. The molecule has 3 fully saturated rings. The molecule has 1 heterocycles. The van der Waals surface area contributed by atoms with Gasteiger partial charge < -0.3 is 14.9 Å². The van der Waals surface area contributed by atoms with Crippen molar-refractivity contribution in [2.24, 2.45) is 22.7 Å². The fraction of sp³-hybridized carbons (Fsp3) is 0.700. The van der Waals surface area contributed by atoms with Gasteiger partial charge >= 0.3 is 0 Å². The second-order valence-electron chi connectivity index (χ2n) is 8.79. The van der Waals surface area contributed by atoms with Gasteiger partial charge in [0.25, 0.3) is 0 Å². The summed E-state index contributed by atoms with van der Waals surface area (Å²) in [6.07, 6.45) is -0.393. The van der Waals surface area contributed by atoms with Crippen LogP contribution in [0.15, 0.2) is 23.8 Å². The Kier molecular flexibility index (Phi) is 4.05. The number of hydrogen-bond donors (Lipinski definition) is 2. The minimum Gasteiger partial charge on any atom is -0.390 e. The number of aliphatic hydroxyl groups is 2. The van der Waals surface area contributed by atoms with Crippen LogP contribution in [-0.4, -0.2) is 59.0 Å². The average molecular weight is 382 g/mol. The molecule has 0 radical (unpaired) electrons. The van der Waals surface area contributed by atoms with Crippen LogP contribution in [0.4, 0.5) is 8.78 Å². The van der Waals surface area contributed by atoms with E-state index >= 15 is 8.78 Å². The van der Waals surface area contributed by atoms with E-state index in [1.807, 2.05) is 0 Å². The van der Waals surface area contributed by atoms with Gasteiger partial charge in [-0.1, -0.05) is 13.0 Å². The maximum atomic E-state index is 16.6. The number of carbonyl (C=O) groups excluding carboxylic acids is 2. The summed E-state index contributed by atoms with van der Waals surface area (Å²) >= 11 is 0. The molecule has 0 aromatic carbocycles. The van der Waals surface area contributed by atoms with Gasteiger partial charge in [-0.25, -0.2) is 8.78 Å². The van der Waals surface area contributed by atoms with Gasteiger partial charge in [0.1, 0.15) is 18.9 Å². The van der Waals surface area contributed by atoms with Gasteiger partial charge in [0.2, 0.25) is 0 Å². The Morgan fingerprint density at radius 2 is 2.07 bits per heavy atom. The molecule has 0 aromatic heterocycles. The number of ketones is 2. The predicted molar refractivity (Wildman–Crippen MR) is 91.2 cm³/mol. The normalized spacial score (nSPS) is 51.3. The van der Waals surface area contributed by atoms with Gasteiger partial charge in [-0.2, -0.15) is 0 Å². The first-order valence-electron chi connectivity index (χ1n) is 9.31. The molecule has 0 aromatic rings. The van der Waals surface area contributed by atoms with Crippen molar-refractivity contribution in [2.75, 3.05) is 13.2 Å². The highest BCUT2D eigenvalue weighted by Crippen LogP contribution is 2.66. The zero-order valence-corrected chi connectivity index (χ0v) is 15.3. The van der Waals surface area contributed by atoms with Crippen molar-refractivity contribution in [2.45, 2.75) is 50.7 Å². The zero-order chi connectivity index (χ0) is 19.8. The van der Waals surface area contributed by atoms with Crippen molar-refractivity contribution in [1.29, 1.82) is 0 Å². The Labute approximate surface area is 156 Å². The zero-order valence-electron chi connectivity index (χ0n) is 15.3. The van der Waals surface area contributed by atoms with Crippen LogP contribution in [-0.2, 0) is 14.3 Å². The Morgan fingerprint density at radius 3 is 2.74 bits per heavy atom. The molecule has 0 bridgehead atoms. The lowest BCUT2D eigenvalue weighted by Gasteiger charge is -2.61. The van der Waals surface area contributed by atoms with E-state index in [-0.39, 0.29) is 30.8 Å². The molecule has 0 spiro atoms. The molecule has 4 aliphatic rings. The van der Waals surface area contributed by atoms with Gasteiger partial charge in [-0.05, 0) is 43.4 Å². The number of Topliss-reactive ketones (excluding diaryl/α,β-unsaturated/α-hetero) is 1. The fourth-order valence-corrected chi connectivity index (χ4v) is 6.14. The molecule has 5 nitrogen and oxygen atoms in total. The molecule has 8 atom stereocenters. The average Bonchev–Trinajstić information content (AvgIpc) is 2.95. The summed E-state index contributed by atoms with van der Waals surface area (Å²) in [6.45, 7) is 2.64. The van der Waals surface area contributed by atoms with Crippen LogP contribution in [0.5, 0.6) is 0 Å². The quantitative estimate of drug-likeness (QED) is 0.756. The van der Waals surface area contributed by atoms with Gasteiger partial charge in [0, 0.05) is 16.7 Å². The van der Waals surface area contributed by atoms with Crippen LogP contribution in [0.1, 0.15) is 26.7 Å². The number of fused-ring (bicyclic) bond motifs is 5. The largest absolute Gasteiger partial charge is 0.390 e. The van der Waals surface area contributed by atoms with Crippen LogP contribution in [0.3, 0.4) is 0 Å². The Balaban J connectivity index is 1.81. The van der Waals surface area contributed by atoms with Crippen molar-refractivity contribution >= 4 is 11.6 Å².